The van der Waals surface area contributed by atoms with Crippen molar-refractivity contribution >= 4 is 5.97 Å². The maximum Gasteiger partial charge on any atom is 0.330 e. The summed E-state index contributed by atoms with van der Waals surface area (Å²) >= 11 is 0. The number of allylic oxidation sites excluding steroid dienone is 1. The Balaban J connectivity index is 2.81. The van der Waals surface area contributed by atoms with Crippen LogP contribution in [0.4, 0.5) is 0 Å². The molecule has 0 aromatic carbocycles. The minimum Gasteiger partial charge on any atom is -0.466 e. The van der Waals surface area contributed by atoms with Gasteiger partial charge in [0.25, 0.3) is 0 Å². The first-order chi connectivity index (χ1) is 7.39. The number of hydrogen-bond donors (Lipinski definition) is 0. The van der Waals surface area contributed by atoms with Crippen LogP contribution in [-0.4, -0.2) is 13.1 Å². The van der Waals surface area contributed by atoms with Gasteiger partial charge in [0.05, 0.1) is 7.11 Å². The van der Waals surface area contributed by atoms with Crippen molar-refractivity contribution in [2.75, 3.05) is 7.11 Å². The molecule has 2 heteroatoms. The summed E-state index contributed by atoms with van der Waals surface area (Å²) in [5, 5.41) is 0. The lowest BCUT2D eigenvalue weighted by molar-refractivity contribution is -0.134. The van der Waals surface area contributed by atoms with E-state index in [1.165, 1.54) is 20.0 Å². The Hall–Kier alpha value is -0.790. The molecule has 1 aliphatic rings. The highest BCUT2D eigenvalue weighted by atomic mass is 16.5. The van der Waals surface area contributed by atoms with Crippen molar-refractivity contribution in [3.05, 3.63) is 12.2 Å². The van der Waals surface area contributed by atoms with Crippen LogP contribution in [-0.2, 0) is 9.53 Å². The van der Waals surface area contributed by atoms with E-state index in [0.717, 1.165) is 0 Å². The van der Waals surface area contributed by atoms with Crippen LogP contribution in [0.5, 0.6) is 0 Å². The number of methoxy groups -OCH3 is 1. The normalized spacial score (nSPS) is 33.9. The van der Waals surface area contributed by atoms with E-state index in [2.05, 4.69) is 32.4 Å². The predicted octanol–water partition coefficient (Wildman–Crippen LogP) is 3.42. The molecule has 0 aromatic heterocycles. The summed E-state index contributed by atoms with van der Waals surface area (Å²) in [5.41, 5.74) is 0.266. The maximum absolute atomic E-state index is 11.1. The van der Waals surface area contributed by atoms with Gasteiger partial charge in [-0.3, -0.25) is 0 Å². The van der Waals surface area contributed by atoms with E-state index in [1.54, 1.807) is 6.08 Å². The summed E-state index contributed by atoms with van der Waals surface area (Å²) in [6.07, 6.45) is 6.17. The molecule has 3 atom stereocenters. The van der Waals surface area contributed by atoms with Gasteiger partial charge in [-0.15, -0.1) is 0 Å². The zero-order chi connectivity index (χ0) is 12.3. The first-order valence-corrected chi connectivity index (χ1v) is 6.15. The fourth-order valence-corrected chi connectivity index (χ4v) is 2.81. The van der Waals surface area contributed by atoms with Gasteiger partial charge in [-0.05, 0) is 36.0 Å². The largest absolute Gasteiger partial charge is 0.466 e. The van der Waals surface area contributed by atoms with Crippen molar-refractivity contribution in [3.8, 4) is 0 Å². The second-order valence-electron chi connectivity index (χ2n) is 5.69. The molecule has 0 N–H and O–H groups in total. The van der Waals surface area contributed by atoms with Crippen LogP contribution in [0, 0.1) is 23.2 Å². The Morgan fingerprint density at radius 1 is 1.31 bits per heavy atom. The number of carbonyl (C=O) groups is 1. The van der Waals surface area contributed by atoms with Gasteiger partial charge >= 0.3 is 5.97 Å². The average Bonchev–Trinajstić information content (AvgIpc) is 2.23. The van der Waals surface area contributed by atoms with Crippen LogP contribution in [0.3, 0.4) is 0 Å². The smallest absolute Gasteiger partial charge is 0.330 e. The molecule has 0 amide bonds. The molecule has 0 aliphatic heterocycles. The molecule has 0 heterocycles. The third kappa shape index (κ3) is 2.66. The van der Waals surface area contributed by atoms with Gasteiger partial charge in [0, 0.05) is 6.08 Å². The first kappa shape index (κ1) is 13.3. The summed E-state index contributed by atoms with van der Waals surface area (Å²) < 4.78 is 4.65. The van der Waals surface area contributed by atoms with Crippen molar-refractivity contribution in [1.29, 1.82) is 0 Å². The minimum absolute atomic E-state index is 0.249. The van der Waals surface area contributed by atoms with Crippen LogP contribution in [0.1, 0.15) is 40.5 Å². The van der Waals surface area contributed by atoms with Gasteiger partial charge in [-0.2, -0.15) is 0 Å². The van der Waals surface area contributed by atoms with Crippen molar-refractivity contribution in [2.24, 2.45) is 23.2 Å². The predicted molar refractivity (Wildman–Crippen MR) is 66.0 cm³/mol. The fourth-order valence-electron chi connectivity index (χ4n) is 2.81. The van der Waals surface area contributed by atoms with Crippen molar-refractivity contribution < 1.29 is 9.53 Å². The van der Waals surface area contributed by atoms with E-state index in [9.17, 15) is 4.79 Å². The molecule has 0 aromatic rings. The highest BCUT2D eigenvalue weighted by Crippen LogP contribution is 2.48. The van der Waals surface area contributed by atoms with Gasteiger partial charge in [0.2, 0.25) is 0 Å². The number of rotatable bonds is 2. The standard InChI is InChI=1S/C14H24O2/c1-10-6-7-11(2)14(3,4)12(10)8-9-13(15)16-5/h8-12H,6-7H2,1-5H3/t10?,11-,12?/m1/s1. The van der Waals surface area contributed by atoms with E-state index in [4.69, 9.17) is 0 Å². The zero-order valence-electron chi connectivity index (χ0n) is 11.1. The van der Waals surface area contributed by atoms with Gasteiger partial charge in [0.1, 0.15) is 0 Å². The van der Waals surface area contributed by atoms with Crippen LogP contribution in [0.15, 0.2) is 12.2 Å². The molecule has 2 nitrogen and oxygen atoms in total. The molecular weight excluding hydrogens is 200 g/mol. The van der Waals surface area contributed by atoms with E-state index in [0.29, 0.717) is 17.8 Å². The van der Waals surface area contributed by atoms with Crippen molar-refractivity contribution in [1.82, 2.24) is 0 Å². The lowest BCUT2D eigenvalue weighted by atomic mass is 9.59. The third-order valence-corrected chi connectivity index (χ3v) is 4.44. The Kier molecular flexibility index (Phi) is 4.17. The van der Waals surface area contributed by atoms with Crippen LogP contribution in [0.25, 0.3) is 0 Å². The number of carbonyl (C=O) groups excluding carboxylic acids is 1. The molecule has 1 rings (SSSR count). The second-order valence-corrected chi connectivity index (χ2v) is 5.69. The Morgan fingerprint density at radius 2 is 1.94 bits per heavy atom. The minimum atomic E-state index is -0.249. The quantitative estimate of drug-likeness (QED) is 0.530. The Morgan fingerprint density at radius 3 is 2.50 bits per heavy atom. The average molecular weight is 224 g/mol. The molecule has 1 saturated carbocycles. The Labute approximate surface area is 99.1 Å². The van der Waals surface area contributed by atoms with Crippen LogP contribution in [0.2, 0.25) is 0 Å². The monoisotopic (exact) mass is 224 g/mol. The molecule has 16 heavy (non-hydrogen) atoms. The summed E-state index contributed by atoms with van der Waals surface area (Å²) in [7, 11) is 1.42. The molecule has 92 valence electrons. The topological polar surface area (TPSA) is 26.3 Å². The van der Waals surface area contributed by atoms with E-state index < -0.39 is 0 Å². The van der Waals surface area contributed by atoms with E-state index >= 15 is 0 Å². The fraction of sp³-hybridized carbons (Fsp3) is 0.786. The van der Waals surface area contributed by atoms with Crippen LogP contribution < -0.4 is 0 Å². The number of ether oxygens (including phenoxy) is 1. The SMILES string of the molecule is COC(=O)C=CC1C(C)CC[C@@H](C)C1(C)C. The molecule has 1 aliphatic carbocycles. The van der Waals surface area contributed by atoms with Crippen LogP contribution >= 0.6 is 0 Å². The maximum atomic E-state index is 11.1. The molecular formula is C14H24O2. The third-order valence-electron chi connectivity index (χ3n) is 4.44. The second kappa shape index (κ2) is 5.03. The van der Waals surface area contributed by atoms with Gasteiger partial charge in [0.15, 0.2) is 0 Å². The zero-order valence-corrected chi connectivity index (χ0v) is 11.1. The van der Waals surface area contributed by atoms with Crippen molar-refractivity contribution in [3.63, 3.8) is 0 Å². The van der Waals surface area contributed by atoms with Gasteiger partial charge in [-0.25, -0.2) is 4.79 Å². The van der Waals surface area contributed by atoms with E-state index in [-0.39, 0.29) is 11.4 Å². The molecule has 0 bridgehead atoms. The van der Waals surface area contributed by atoms with Crippen molar-refractivity contribution in [2.45, 2.75) is 40.5 Å². The first-order valence-electron chi connectivity index (χ1n) is 6.15. The van der Waals surface area contributed by atoms with E-state index in [1.807, 2.05) is 6.08 Å². The van der Waals surface area contributed by atoms with Gasteiger partial charge in [-0.1, -0.05) is 33.8 Å². The molecule has 0 radical (unpaired) electrons. The lowest BCUT2D eigenvalue weighted by Gasteiger charge is -2.46. The lowest BCUT2D eigenvalue weighted by Crippen LogP contribution is -2.38. The highest BCUT2D eigenvalue weighted by molar-refractivity contribution is 5.81. The Bertz CT molecular complexity index is 278. The highest BCUT2D eigenvalue weighted by Gasteiger charge is 2.40. The molecule has 0 saturated heterocycles. The van der Waals surface area contributed by atoms with Gasteiger partial charge < -0.3 is 4.74 Å². The summed E-state index contributed by atoms with van der Waals surface area (Å²) in [5.74, 6) is 1.57. The molecule has 0 spiro atoms. The number of esters is 1. The molecule has 2 unspecified atom stereocenters. The summed E-state index contributed by atoms with van der Waals surface area (Å²) in [4.78, 5) is 11.1. The molecule has 1 fully saturated rings. The summed E-state index contributed by atoms with van der Waals surface area (Å²) in [6.45, 7) is 9.20. The number of hydrogen-bond acceptors (Lipinski definition) is 2. The summed E-state index contributed by atoms with van der Waals surface area (Å²) in [6, 6.07) is 0.